The van der Waals surface area contributed by atoms with Gasteiger partial charge in [0.15, 0.2) is 0 Å². The summed E-state index contributed by atoms with van der Waals surface area (Å²) < 4.78 is 10.5. The maximum absolute atomic E-state index is 13.6. The molecule has 0 aromatic heterocycles. The van der Waals surface area contributed by atoms with E-state index in [0.29, 0.717) is 5.57 Å². The summed E-state index contributed by atoms with van der Waals surface area (Å²) in [7, 11) is 2.64. The number of esters is 2. The summed E-state index contributed by atoms with van der Waals surface area (Å²) in [6, 6.07) is 20.0. The van der Waals surface area contributed by atoms with Crippen molar-refractivity contribution >= 4 is 24.1 Å². The molecule has 0 saturated carbocycles. The van der Waals surface area contributed by atoms with Crippen LogP contribution >= 0.6 is 0 Å². The van der Waals surface area contributed by atoms with Crippen molar-refractivity contribution in [2.75, 3.05) is 14.2 Å². The molecule has 0 amide bonds. The molecular weight excluding hydrogens is 532 g/mol. The molecule has 0 radical (unpaired) electrons. The van der Waals surface area contributed by atoms with Crippen LogP contribution in [0.25, 0.3) is 12.2 Å². The molecule has 0 heterocycles. The van der Waals surface area contributed by atoms with Crippen LogP contribution in [0, 0.1) is 5.41 Å². The zero-order chi connectivity index (χ0) is 31.0. The third-order valence-electron chi connectivity index (χ3n) is 7.24. The number of carbonyl (C=O) groups is 2. The van der Waals surface area contributed by atoms with Gasteiger partial charge in [-0.2, -0.15) is 0 Å². The molecule has 0 aliphatic heterocycles. The molecule has 2 aromatic carbocycles. The topological polar surface area (TPSA) is 52.6 Å². The molecule has 2 aliphatic rings. The minimum atomic E-state index is -0.616. The van der Waals surface area contributed by atoms with Crippen LogP contribution in [0.4, 0.5) is 0 Å². The van der Waals surface area contributed by atoms with Crippen molar-refractivity contribution in [3.8, 4) is 0 Å². The zero-order valence-electron chi connectivity index (χ0n) is 25.7. The summed E-state index contributed by atoms with van der Waals surface area (Å²) >= 11 is 0. The number of ether oxygens (including phenoxy) is 2. The van der Waals surface area contributed by atoms with Gasteiger partial charge >= 0.3 is 11.9 Å². The molecule has 0 fully saturated rings. The predicted octanol–water partition coefficient (Wildman–Crippen LogP) is 8.71. The summed E-state index contributed by atoms with van der Waals surface area (Å²) in [6.07, 6.45) is 19.7. The highest BCUT2D eigenvalue weighted by Crippen LogP contribution is 2.43. The maximum Gasteiger partial charge on any atom is 0.339 e. The maximum atomic E-state index is 13.6. The number of carbonyl (C=O) groups excluding carboxylic acids is 2. The molecule has 2 aromatic rings. The number of rotatable bonds is 7. The Labute approximate surface area is 255 Å². The van der Waals surface area contributed by atoms with Crippen molar-refractivity contribution in [2.45, 2.75) is 27.7 Å². The van der Waals surface area contributed by atoms with Gasteiger partial charge in [0.2, 0.25) is 0 Å². The first-order chi connectivity index (χ1) is 20.6. The predicted molar refractivity (Wildman–Crippen MR) is 176 cm³/mol. The number of hydrogen-bond donors (Lipinski definition) is 0. The quantitative estimate of drug-likeness (QED) is 0.247. The molecule has 0 spiro atoms. The lowest BCUT2D eigenvalue weighted by Crippen LogP contribution is -2.18. The normalized spacial score (nSPS) is 16.0. The second-order valence-electron chi connectivity index (χ2n) is 11.3. The van der Waals surface area contributed by atoms with Crippen LogP contribution in [0.2, 0.25) is 0 Å². The molecular formula is C39H38O4. The molecule has 4 rings (SSSR count). The Morgan fingerprint density at radius 2 is 1.23 bits per heavy atom. The average Bonchev–Trinajstić information content (AvgIpc) is 3.26. The third kappa shape index (κ3) is 7.47. The molecule has 0 saturated heterocycles. The summed E-state index contributed by atoms with van der Waals surface area (Å²) in [6.45, 7) is 8.52. The highest BCUT2D eigenvalue weighted by molar-refractivity contribution is 6.10. The highest BCUT2D eigenvalue weighted by atomic mass is 16.5. The van der Waals surface area contributed by atoms with Crippen LogP contribution in [0.5, 0.6) is 0 Å². The fourth-order valence-electron chi connectivity index (χ4n) is 4.98. The largest absolute Gasteiger partial charge is 0.465 e. The first-order valence-corrected chi connectivity index (χ1v) is 14.3. The fraction of sp³-hybridized carbons (Fsp3) is 0.179. The lowest BCUT2D eigenvalue weighted by Gasteiger charge is -2.21. The smallest absolute Gasteiger partial charge is 0.339 e. The van der Waals surface area contributed by atoms with Crippen LogP contribution in [0.3, 0.4) is 0 Å². The van der Waals surface area contributed by atoms with E-state index in [4.69, 9.17) is 9.47 Å². The summed E-state index contributed by atoms with van der Waals surface area (Å²) in [5.41, 5.74) is 7.34. The zero-order valence-corrected chi connectivity index (χ0v) is 25.7. The van der Waals surface area contributed by atoms with Crippen molar-refractivity contribution in [1.29, 1.82) is 0 Å². The van der Waals surface area contributed by atoms with Crippen LogP contribution in [0.15, 0.2) is 154 Å². The highest BCUT2D eigenvalue weighted by Gasteiger charge is 2.33. The summed E-state index contributed by atoms with van der Waals surface area (Å²) in [5.74, 6) is -1.23. The second kappa shape index (κ2) is 13.8. The lowest BCUT2D eigenvalue weighted by atomic mass is 9.83. The van der Waals surface area contributed by atoms with E-state index < -0.39 is 11.9 Å². The first kappa shape index (κ1) is 31.0. The van der Waals surface area contributed by atoms with Crippen LogP contribution in [-0.2, 0) is 19.1 Å². The Morgan fingerprint density at radius 3 is 1.81 bits per heavy atom. The van der Waals surface area contributed by atoms with Crippen molar-refractivity contribution in [1.82, 2.24) is 0 Å². The number of fused-ring (bicyclic) bond motifs is 1. The van der Waals surface area contributed by atoms with Gasteiger partial charge in [-0.3, -0.25) is 0 Å². The Kier molecular flexibility index (Phi) is 9.95. The van der Waals surface area contributed by atoms with Gasteiger partial charge in [-0.25, -0.2) is 9.59 Å². The molecule has 4 nitrogen and oxygen atoms in total. The van der Waals surface area contributed by atoms with Crippen LogP contribution < -0.4 is 0 Å². The van der Waals surface area contributed by atoms with Gasteiger partial charge in [0.1, 0.15) is 0 Å². The Morgan fingerprint density at radius 1 is 0.651 bits per heavy atom. The molecule has 4 heteroatoms. The van der Waals surface area contributed by atoms with Gasteiger partial charge in [-0.15, -0.1) is 0 Å². The monoisotopic (exact) mass is 570 g/mol. The van der Waals surface area contributed by atoms with Crippen molar-refractivity contribution in [3.63, 3.8) is 0 Å². The van der Waals surface area contributed by atoms with Crippen molar-refractivity contribution < 1.29 is 19.1 Å². The minimum absolute atomic E-state index is 0.135. The van der Waals surface area contributed by atoms with E-state index in [1.165, 1.54) is 14.2 Å². The number of allylic oxidation sites excluding steroid dienone is 14. The van der Waals surface area contributed by atoms with Crippen molar-refractivity contribution in [3.05, 3.63) is 165 Å². The molecule has 0 bridgehead atoms. The molecule has 0 N–H and O–H groups in total. The Bertz CT molecular complexity index is 1660. The number of benzene rings is 2. The van der Waals surface area contributed by atoms with E-state index in [9.17, 15) is 9.59 Å². The van der Waals surface area contributed by atoms with Crippen LogP contribution in [0.1, 0.15) is 38.8 Å². The molecule has 0 atom stereocenters. The van der Waals surface area contributed by atoms with Crippen LogP contribution in [-0.4, -0.2) is 26.2 Å². The van der Waals surface area contributed by atoms with Gasteiger partial charge in [0.05, 0.1) is 25.4 Å². The van der Waals surface area contributed by atoms with E-state index >= 15 is 0 Å². The van der Waals surface area contributed by atoms with Gasteiger partial charge in [-0.1, -0.05) is 136 Å². The van der Waals surface area contributed by atoms with E-state index in [2.05, 4.69) is 32.9 Å². The molecule has 43 heavy (non-hydrogen) atoms. The molecule has 218 valence electrons. The van der Waals surface area contributed by atoms with E-state index in [1.807, 2.05) is 110 Å². The SMILES string of the molecule is COC(=O)C1=CC=C(/C=C/c2ccccc2)C2=C(C)C=C(C(C)(C)C)C=C(/C=C/C=C/c3ccccc3)C2=C1C(=O)OC. The Balaban J connectivity index is 2.02. The molecule has 0 unspecified atom stereocenters. The van der Waals surface area contributed by atoms with Gasteiger partial charge < -0.3 is 9.47 Å². The van der Waals surface area contributed by atoms with Gasteiger partial charge in [-0.05, 0) is 57.4 Å². The Hall–Kier alpha value is -4.96. The fourth-order valence-corrected chi connectivity index (χ4v) is 4.98. The standard InChI is InChI=1S/C39H38O4/c1-27-25-32(39(2,3)4)26-31(20-14-13-19-28-15-9-7-10-16-28)35-34(27)30(22-21-29-17-11-8-12-18-29)23-24-33(37(40)42-5)36(35)38(41)43-6/h7-26H,1-6H3/b19-13+,20-14+,22-21+. The molecule has 2 aliphatic carbocycles. The summed E-state index contributed by atoms with van der Waals surface area (Å²) in [4.78, 5) is 26.7. The third-order valence-corrected chi connectivity index (χ3v) is 7.24. The van der Waals surface area contributed by atoms with E-state index in [1.54, 1.807) is 6.08 Å². The number of methoxy groups -OCH3 is 2. The first-order valence-electron chi connectivity index (χ1n) is 14.3. The van der Waals surface area contributed by atoms with Gasteiger partial charge in [0.25, 0.3) is 0 Å². The van der Waals surface area contributed by atoms with E-state index in [0.717, 1.165) is 39.0 Å². The number of hydrogen-bond acceptors (Lipinski definition) is 4. The second-order valence-corrected chi connectivity index (χ2v) is 11.3. The minimum Gasteiger partial charge on any atom is -0.465 e. The summed E-state index contributed by atoms with van der Waals surface area (Å²) in [5, 5.41) is 0. The van der Waals surface area contributed by atoms with Crippen molar-refractivity contribution in [2.24, 2.45) is 5.41 Å². The van der Waals surface area contributed by atoms with Gasteiger partial charge in [0, 0.05) is 5.57 Å². The van der Waals surface area contributed by atoms with E-state index in [-0.39, 0.29) is 16.6 Å². The lowest BCUT2D eigenvalue weighted by molar-refractivity contribution is -0.139. The average molecular weight is 571 g/mol.